The van der Waals surface area contributed by atoms with Gasteiger partial charge in [-0.1, -0.05) is 36.4 Å². The van der Waals surface area contributed by atoms with Crippen LogP contribution in [0.5, 0.6) is 0 Å². The van der Waals surface area contributed by atoms with Crippen molar-refractivity contribution in [1.29, 1.82) is 0 Å². The Balaban J connectivity index is 1.64. The predicted octanol–water partition coefficient (Wildman–Crippen LogP) is 2.30. The number of para-hydroxylation sites is 2. The second-order valence-electron chi connectivity index (χ2n) is 6.46. The van der Waals surface area contributed by atoms with Gasteiger partial charge in [0.1, 0.15) is 6.04 Å². The molecule has 2 amide bonds. The highest BCUT2D eigenvalue weighted by Crippen LogP contribution is 2.27. The number of anilines is 2. The molecule has 6 heteroatoms. The number of fused-ring (bicyclic) bond motifs is 1. The zero-order valence-electron chi connectivity index (χ0n) is 14.6. The number of carbonyl (C=O) groups is 2. The van der Waals surface area contributed by atoms with Crippen LogP contribution >= 0.6 is 0 Å². The average molecular weight is 348 g/mol. The molecule has 2 aromatic carbocycles. The lowest BCUT2D eigenvalue weighted by atomic mass is 10.0. The summed E-state index contributed by atoms with van der Waals surface area (Å²) in [4.78, 5) is 31.7. The number of hydrogen-bond donors (Lipinski definition) is 1. The van der Waals surface area contributed by atoms with E-state index < -0.39 is 6.04 Å². The Morgan fingerprint density at radius 3 is 2.65 bits per heavy atom. The smallest absolute Gasteiger partial charge is 0.295 e. The number of rotatable bonds is 2. The standard InChI is InChI=1S/C20H20N4O2/c1-14-19(25)24(16-10-3-2-4-11-16)22-18(21-14)20(26)23-13-7-9-15-8-5-6-12-17(15)23/h2-6,8,10-12,14H,7,9,13H2,1H3,(H,21,22). The maximum absolute atomic E-state index is 13.1. The summed E-state index contributed by atoms with van der Waals surface area (Å²) in [5.41, 5.74) is 5.68. The third-order valence-electron chi connectivity index (χ3n) is 4.69. The van der Waals surface area contributed by atoms with E-state index in [2.05, 4.69) is 10.4 Å². The molecule has 1 unspecified atom stereocenters. The lowest BCUT2D eigenvalue weighted by Crippen LogP contribution is -2.59. The molecule has 1 atom stereocenters. The molecule has 0 bridgehead atoms. The third kappa shape index (κ3) is 2.83. The van der Waals surface area contributed by atoms with E-state index in [1.54, 1.807) is 11.8 Å². The number of aryl methyl sites for hydroxylation is 1. The number of amidine groups is 1. The Labute approximate surface area is 152 Å². The molecule has 4 rings (SSSR count). The quantitative estimate of drug-likeness (QED) is 0.906. The van der Waals surface area contributed by atoms with Gasteiger partial charge in [0.05, 0.1) is 5.69 Å². The molecule has 2 aliphatic heterocycles. The van der Waals surface area contributed by atoms with Gasteiger partial charge >= 0.3 is 0 Å². The minimum atomic E-state index is -0.615. The highest BCUT2D eigenvalue weighted by Gasteiger charge is 2.34. The van der Waals surface area contributed by atoms with Crippen molar-refractivity contribution in [3.8, 4) is 0 Å². The van der Waals surface area contributed by atoms with Crippen molar-refractivity contribution in [2.75, 3.05) is 16.5 Å². The molecule has 0 saturated heterocycles. The highest BCUT2D eigenvalue weighted by atomic mass is 16.2. The van der Waals surface area contributed by atoms with E-state index >= 15 is 0 Å². The van der Waals surface area contributed by atoms with E-state index in [1.807, 2.05) is 54.6 Å². The number of benzene rings is 2. The van der Waals surface area contributed by atoms with Crippen LogP contribution in [-0.4, -0.2) is 30.2 Å². The summed E-state index contributed by atoms with van der Waals surface area (Å²) >= 11 is 0. The molecular formula is C20H20N4O2. The Hall–Kier alpha value is -3.15. The van der Waals surface area contributed by atoms with Crippen molar-refractivity contribution in [2.24, 2.45) is 4.99 Å². The van der Waals surface area contributed by atoms with Crippen LogP contribution in [0.2, 0.25) is 0 Å². The second-order valence-corrected chi connectivity index (χ2v) is 6.46. The summed E-state index contributed by atoms with van der Waals surface area (Å²) in [6.07, 6.45) is 1.87. The Morgan fingerprint density at radius 2 is 1.85 bits per heavy atom. The molecule has 26 heavy (non-hydrogen) atoms. The Bertz CT molecular complexity index is 878. The first-order chi connectivity index (χ1) is 12.6. The summed E-state index contributed by atoms with van der Waals surface area (Å²) in [7, 11) is 0. The predicted molar refractivity (Wildman–Crippen MR) is 101 cm³/mol. The van der Waals surface area contributed by atoms with Crippen LogP contribution in [0.3, 0.4) is 0 Å². The van der Waals surface area contributed by atoms with Gasteiger partial charge in [0.25, 0.3) is 11.8 Å². The van der Waals surface area contributed by atoms with Crippen LogP contribution in [0.1, 0.15) is 18.9 Å². The van der Waals surface area contributed by atoms with Crippen molar-refractivity contribution in [3.05, 3.63) is 60.2 Å². The lowest BCUT2D eigenvalue weighted by Gasteiger charge is -2.34. The first kappa shape index (κ1) is 16.3. The maximum Gasteiger partial charge on any atom is 0.295 e. The zero-order valence-corrected chi connectivity index (χ0v) is 14.6. The minimum absolute atomic E-state index is 0.188. The van der Waals surface area contributed by atoms with Gasteiger partial charge in [-0.15, -0.1) is 0 Å². The van der Waals surface area contributed by atoms with Crippen LogP contribution < -0.4 is 15.3 Å². The van der Waals surface area contributed by atoms with Crippen LogP contribution in [0, 0.1) is 0 Å². The van der Waals surface area contributed by atoms with Gasteiger partial charge in [0.15, 0.2) is 0 Å². The summed E-state index contributed by atoms with van der Waals surface area (Å²) in [5.74, 6) is -0.207. The number of aliphatic imine (C=N–C) groups is 1. The Morgan fingerprint density at radius 1 is 1.12 bits per heavy atom. The van der Waals surface area contributed by atoms with E-state index in [4.69, 9.17) is 0 Å². The fourth-order valence-electron chi connectivity index (χ4n) is 3.37. The minimum Gasteiger partial charge on any atom is -0.305 e. The fraction of sp³-hybridized carbons (Fsp3) is 0.250. The van der Waals surface area contributed by atoms with E-state index in [0.29, 0.717) is 12.2 Å². The van der Waals surface area contributed by atoms with Crippen LogP contribution in [-0.2, 0) is 16.0 Å². The largest absolute Gasteiger partial charge is 0.305 e. The summed E-state index contributed by atoms with van der Waals surface area (Å²) < 4.78 is 0. The van der Waals surface area contributed by atoms with Gasteiger partial charge in [-0.2, -0.15) is 0 Å². The van der Waals surface area contributed by atoms with Crippen molar-refractivity contribution in [1.82, 2.24) is 5.43 Å². The zero-order chi connectivity index (χ0) is 18.1. The average Bonchev–Trinajstić information content (AvgIpc) is 2.69. The van der Waals surface area contributed by atoms with Crippen LogP contribution in [0.4, 0.5) is 11.4 Å². The number of hydrazine groups is 1. The number of nitrogens with zero attached hydrogens (tertiary/aromatic N) is 3. The van der Waals surface area contributed by atoms with Crippen LogP contribution in [0.15, 0.2) is 59.6 Å². The maximum atomic E-state index is 13.1. The molecule has 132 valence electrons. The molecular weight excluding hydrogens is 328 g/mol. The first-order valence-corrected chi connectivity index (χ1v) is 8.78. The number of carbonyl (C=O) groups excluding carboxylic acids is 2. The van der Waals surface area contributed by atoms with Crippen molar-refractivity contribution in [3.63, 3.8) is 0 Å². The van der Waals surface area contributed by atoms with Gasteiger partial charge in [0.2, 0.25) is 5.84 Å². The SMILES string of the molecule is CC1N=C(C(=O)N2CCCc3ccccc32)NN(c2ccccc2)C1=O. The van der Waals surface area contributed by atoms with Gasteiger partial charge in [-0.3, -0.25) is 15.0 Å². The first-order valence-electron chi connectivity index (χ1n) is 8.78. The normalized spacial score (nSPS) is 19.5. The monoisotopic (exact) mass is 348 g/mol. The third-order valence-corrected chi connectivity index (χ3v) is 4.69. The molecule has 0 aliphatic carbocycles. The molecule has 0 radical (unpaired) electrons. The molecule has 0 fully saturated rings. The van der Waals surface area contributed by atoms with E-state index in [-0.39, 0.29) is 17.6 Å². The van der Waals surface area contributed by atoms with E-state index in [1.165, 1.54) is 5.01 Å². The molecule has 0 saturated carbocycles. The second kappa shape index (κ2) is 6.63. The van der Waals surface area contributed by atoms with Crippen molar-refractivity contribution in [2.45, 2.75) is 25.8 Å². The van der Waals surface area contributed by atoms with Gasteiger partial charge in [-0.25, -0.2) is 10.0 Å². The van der Waals surface area contributed by atoms with Crippen molar-refractivity contribution < 1.29 is 9.59 Å². The van der Waals surface area contributed by atoms with E-state index in [9.17, 15) is 9.59 Å². The summed E-state index contributed by atoms with van der Waals surface area (Å²) in [6.45, 7) is 2.35. The van der Waals surface area contributed by atoms with Gasteiger partial charge in [-0.05, 0) is 43.5 Å². The lowest BCUT2D eigenvalue weighted by molar-refractivity contribution is -0.120. The Kier molecular flexibility index (Phi) is 4.16. The number of hydrogen-bond acceptors (Lipinski definition) is 4. The van der Waals surface area contributed by atoms with Gasteiger partial charge in [0, 0.05) is 12.2 Å². The van der Waals surface area contributed by atoms with Crippen molar-refractivity contribution >= 4 is 29.0 Å². The molecule has 2 heterocycles. The molecule has 2 aliphatic rings. The van der Waals surface area contributed by atoms with E-state index in [0.717, 1.165) is 24.1 Å². The van der Waals surface area contributed by atoms with Crippen LogP contribution in [0.25, 0.3) is 0 Å². The fourth-order valence-corrected chi connectivity index (χ4v) is 3.37. The van der Waals surface area contributed by atoms with Gasteiger partial charge < -0.3 is 4.90 Å². The number of nitrogens with one attached hydrogen (secondary N) is 1. The summed E-state index contributed by atoms with van der Waals surface area (Å²) in [5, 5.41) is 1.40. The summed E-state index contributed by atoms with van der Waals surface area (Å²) in [6, 6.07) is 16.5. The molecule has 0 aromatic heterocycles. The number of amides is 2. The molecule has 6 nitrogen and oxygen atoms in total. The topological polar surface area (TPSA) is 65.0 Å². The molecule has 0 spiro atoms. The molecule has 1 N–H and O–H groups in total. The highest BCUT2D eigenvalue weighted by molar-refractivity contribution is 6.44. The molecule has 2 aromatic rings.